The highest BCUT2D eigenvalue weighted by Crippen LogP contribution is 2.26. The van der Waals surface area contributed by atoms with E-state index in [0.717, 1.165) is 0 Å². The fourth-order valence-corrected chi connectivity index (χ4v) is 2.74. The Morgan fingerprint density at radius 2 is 1.82 bits per heavy atom. The molecule has 0 aliphatic rings. The maximum atomic E-state index is 13.1. The molecule has 3 aromatic rings. The Bertz CT molecular complexity index is 856. The van der Waals surface area contributed by atoms with Crippen molar-refractivity contribution in [3.63, 3.8) is 0 Å². The lowest BCUT2D eigenvalue weighted by Gasteiger charge is -1.96. The number of carbonyl (C=O) groups excluding carboxylic acids is 1. The summed E-state index contributed by atoms with van der Waals surface area (Å²) in [5.74, 6) is -1.03. The van der Waals surface area contributed by atoms with Crippen molar-refractivity contribution in [2.24, 2.45) is 0 Å². The summed E-state index contributed by atoms with van der Waals surface area (Å²) in [6, 6.07) is 10.0. The number of fused-ring (bicyclic) bond motifs is 1. The molecule has 0 aliphatic carbocycles. The molecule has 0 spiro atoms. The third-order valence-electron chi connectivity index (χ3n) is 2.88. The predicted molar refractivity (Wildman–Crippen MR) is 83.6 cm³/mol. The zero-order chi connectivity index (χ0) is 15.5. The minimum absolute atomic E-state index is 0.330. The van der Waals surface area contributed by atoms with E-state index in [1.807, 2.05) is 0 Å². The molecule has 2 aromatic carbocycles. The standard InChI is InChI=1S/C16H10F2N2OS/c17-11-4-1-10(2-5-11)3-8-15(21)20-16-19-13-7-6-12(18)9-14(13)22-16/h1-9H,(H,19,20,21)/b8-3+. The highest BCUT2D eigenvalue weighted by molar-refractivity contribution is 7.22. The van der Waals surface area contributed by atoms with Gasteiger partial charge in [0.25, 0.3) is 0 Å². The molecule has 0 fully saturated rings. The molecule has 1 aromatic heterocycles. The quantitative estimate of drug-likeness (QED) is 0.735. The third-order valence-corrected chi connectivity index (χ3v) is 3.81. The van der Waals surface area contributed by atoms with Gasteiger partial charge in [0.15, 0.2) is 5.13 Å². The minimum Gasteiger partial charge on any atom is -0.298 e. The Morgan fingerprint density at radius 3 is 2.59 bits per heavy atom. The summed E-state index contributed by atoms with van der Waals surface area (Å²) in [5.41, 5.74) is 1.34. The van der Waals surface area contributed by atoms with Crippen LogP contribution in [0.25, 0.3) is 16.3 Å². The zero-order valence-electron chi connectivity index (χ0n) is 11.2. The van der Waals surface area contributed by atoms with Crippen LogP contribution in [0, 0.1) is 11.6 Å². The van der Waals surface area contributed by atoms with Crippen molar-refractivity contribution in [3.8, 4) is 0 Å². The minimum atomic E-state index is -0.358. The number of halogens is 2. The van der Waals surface area contributed by atoms with Gasteiger partial charge in [-0.25, -0.2) is 13.8 Å². The van der Waals surface area contributed by atoms with E-state index in [-0.39, 0.29) is 17.5 Å². The highest BCUT2D eigenvalue weighted by atomic mass is 32.1. The van der Waals surface area contributed by atoms with Crippen LogP contribution in [-0.4, -0.2) is 10.9 Å². The van der Waals surface area contributed by atoms with Gasteiger partial charge in [0.05, 0.1) is 10.2 Å². The number of hydrogen-bond donors (Lipinski definition) is 1. The van der Waals surface area contributed by atoms with E-state index in [2.05, 4.69) is 10.3 Å². The Labute approximate surface area is 128 Å². The predicted octanol–water partition coefficient (Wildman–Crippen LogP) is 4.23. The summed E-state index contributed by atoms with van der Waals surface area (Å²) in [6.45, 7) is 0. The normalized spacial score (nSPS) is 11.2. The van der Waals surface area contributed by atoms with Gasteiger partial charge in [0, 0.05) is 6.08 Å². The number of hydrogen-bond acceptors (Lipinski definition) is 3. The number of benzene rings is 2. The van der Waals surface area contributed by atoms with Gasteiger partial charge in [-0.1, -0.05) is 23.5 Å². The van der Waals surface area contributed by atoms with Crippen molar-refractivity contribution < 1.29 is 13.6 Å². The second-order valence-corrected chi connectivity index (χ2v) is 5.54. The molecule has 22 heavy (non-hydrogen) atoms. The molecule has 0 aliphatic heterocycles. The molecule has 0 bridgehead atoms. The van der Waals surface area contributed by atoms with E-state index in [1.165, 1.54) is 41.7 Å². The van der Waals surface area contributed by atoms with Gasteiger partial charge >= 0.3 is 0 Å². The highest BCUT2D eigenvalue weighted by Gasteiger charge is 2.06. The zero-order valence-corrected chi connectivity index (χ0v) is 12.0. The second kappa shape index (κ2) is 6.03. The van der Waals surface area contributed by atoms with E-state index in [9.17, 15) is 13.6 Å². The fraction of sp³-hybridized carbons (Fsp3) is 0. The van der Waals surface area contributed by atoms with Crippen molar-refractivity contribution in [2.45, 2.75) is 0 Å². The van der Waals surface area contributed by atoms with Gasteiger partial charge in [-0.2, -0.15) is 0 Å². The van der Waals surface area contributed by atoms with Crippen LogP contribution in [0.1, 0.15) is 5.56 Å². The molecule has 0 saturated heterocycles. The number of amides is 1. The molecule has 0 unspecified atom stereocenters. The van der Waals surface area contributed by atoms with E-state index in [1.54, 1.807) is 24.3 Å². The molecule has 1 amide bonds. The van der Waals surface area contributed by atoms with Crippen LogP contribution in [0.5, 0.6) is 0 Å². The lowest BCUT2D eigenvalue weighted by Crippen LogP contribution is -2.07. The molecule has 110 valence electrons. The van der Waals surface area contributed by atoms with Crippen LogP contribution in [0.3, 0.4) is 0 Å². The van der Waals surface area contributed by atoms with Crippen LogP contribution < -0.4 is 5.32 Å². The number of nitrogens with one attached hydrogen (secondary N) is 1. The molecule has 1 N–H and O–H groups in total. The molecule has 0 radical (unpaired) electrons. The molecular formula is C16H10F2N2OS. The summed E-state index contributed by atoms with van der Waals surface area (Å²) in [7, 11) is 0. The molecule has 6 heteroatoms. The number of rotatable bonds is 3. The molecular weight excluding hydrogens is 306 g/mol. The average Bonchev–Trinajstić information content (AvgIpc) is 2.88. The summed E-state index contributed by atoms with van der Waals surface area (Å²) in [5, 5.41) is 3.02. The Hall–Kier alpha value is -2.60. The smallest absolute Gasteiger partial charge is 0.250 e. The monoisotopic (exact) mass is 316 g/mol. The second-order valence-electron chi connectivity index (χ2n) is 4.51. The van der Waals surface area contributed by atoms with E-state index in [0.29, 0.717) is 20.9 Å². The van der Waals surface area contributed by atoms with Crippen molar-refractivity contribution in [2.75, 3.05) is 5.32 Å². The van der Waals surface area contributed by atoms with Crippen LogP contribution in [0.15, 0.2) is 48.5 Å². The molecule has 1 heterocycles. The summed E-state index contributed by atoms with van der Waals surface area (Å²) in [6.07, 6.45) is 2.90. The Balaban J connectivity index is 1.71. The van der Waals surface area contributed by atoms with Gasteiger partial charge < -0.3 is 0 Å². The maximum absolute atomic E-state index is 13.1. The lowest BCUT2D eigenvalue weighted by molar-refractivity contribution is -0.111. The van der Waals surface area contributed by atoms with E-state index in [4.69, 9.17) is 0 Å². The Kier molecular flexibility index (Phi) is 3.93. The first kappa shape index (κ1) is 14.3. The number of anilines is 1. The van der Waals surface area contributed by atoms with Crippen molar-refractivity contribution in [1.82, 2.24) is 4.98 Å². The van der Waals surface area contributed by atoms with Gasteiger partial charge in [-0.3, -0.25) is 10.1 Å². The van der Waals surface area contributed by atoms with Crippen LogP contribution in [0.4, 0.5) is 13.9 Å². The van der Waals surface area contributed by atoms with E-state index >= 15 is 0 Å². The van der Waals surface area contributed by atoms with Crippen LogP contribution in [-0.2, 0) is 4.79 Å². The number of thiazole rings is 1. The molecule has 3 rings (SSSR count). The number of carbonyl (C=O) groups is 1. The summed E-state index contributed by atoms with van der Waals surface area (Å²) >= 11 is 1.20. The largest absolute Gasteiger partial charge is 0.298 e. The van der Waals surface area contributed by atoms with Crippen molar-refractivity contribution in [1.29, 1.82) is 0 Å². The van der Waals surface area contributed by atoms with Crippen molar-refractivity contribution in [3.05, 3.63) is 65.7 Å². The van der Waals surface area contributed by atoms with Crippen LogP contribution in [0.2, 0.25) is 0 Å². The maximum Gasteiger partial charge on any atom is 0.250 e. The number of aromatic nitrogens is 1. The summed E-state index contributed by atoms with van der Waals surface area (Å²) < 4.78 is 26.5. The fourth-order valence-electron chi connectivity index (χ4n) is 1.84. The topological polar surface area (TPSA) is 42.0 Å². The first-order chi connectivity index (χ1) is 10.6. The average molecular weight is 316 g/mol. The van der Waals surface area contributed by atoms with Crippen molar-refractivity contribution >= 4 is 38.7 Å². The first-order valence-corrected chi connectivity index (χ1v) is 7.22. The summed E-state index contributed by atoms with van der Waals surface area (Å²) in [4.78, 5) is 16.0. The van der Waals surface area contributed by atoms with Crippen LogP contribution >= 0.6 is 11.3 Å². The molecule has 0 saturated carbocycles. The Morgan fingerprint density at radius 1 is 1.09 bits per heavy atom. The van der Waals surface area contributed by atoms with Gasteiger partial charge in [0.1, 0.15) is 11.6 Å². The molecule has 0 atom stereocenters. The van der Waals surface area contributed by atoms with Gasteiger partial charge in [0.2, 0.25) is 5.91 Å². The van der Waals surface area contributed by atoms with Gasteiger partial charge in [-0.05, 0) is 42.0 Å². The van der Waals surface area contributed by atoms with Gasteiger partial charge in [-0.15, -0.1) is 0 Å². The molecule has 3 nitrogen and oxygen atoms in total. The third kappa shape index (κ3) is 3.35. The van der Waals surface area contributed by atoms with E-state index < -0.39 is 0 Å². The number of nitrogens with zero attached hydrogens (tertiary/aromatic N) is 1. The SMILES string of the molecule is O=C(/C=C/c1ccc(F)cc1)Nc1nc2ccc(F)cc2s1. The first-order valence-electron chi connectivity index (χ1n) is 6.41. The lowest BCUT2D eigenvalue weighted by atomic mass is 10.2.